The Hall–Kier alpha value is -2.62. The van der Waals surface area contributed by atoms with Crippen LogP contribution in [-0.4, -0.2) is 14.5 Å². The van der Waals surface area contributed by atoms with E-state index in [9.17, 15) is 0 Å². The van der Waals surface area contributed by atoms with Crippen LogP contribution in [0.5, 0.6) is 0 Å². The van der Waals surface area contributed by atoms with Gasteiger partial charge in [-0.05, 0) is 30.7 Å². The number of aryl methyl sites for hydroxylation is 1. The number of anilines is 2. The van der Waals surface area contributed by atoms with Crippen LogP contribution in [0.4, 0.5) is 11.6 Å². The molecule has 19 heavy (non-hydrogen) atoms. The van der Waals surface area contributed by atoms with Crippen molar-refractivity contribution in [3.63, 3.8) is 0 Å². The highest BCUT2D eigenvalue weighted by Crippen LogP contribution is 2.18. The number of hydrogen-bond donors (Lipinski definition) is 1. The highest BCUT2D eigenvalue weighted by Gasteiger charge is 2.05. The SMILES string of the molecule is Cc1cncc(-n2ccnc2Nc2ccccc2)c1. The first-order valence-corrected chi connectivity index (χ1v) is 6.10. The summed E-state index contributed by atoms with van der Waals surface area (Å²) in [5, 5.41) is 3.29. The Bertz CT molecular complexity index is 673. The zero-order valence-corrected chi connectivity index (χ0v) is 10.6. The molecule has 0 radical (unpaired) electrons. The third-order valence-corrected chi connectivity index (χ3v) is 2.81. The van der Waals surface area contributed by atoms with Crippen LogP contribution in [0.1, 0.15) is 5.56 Å². The molecule has 0 saturated heterocycles. The quantitative estimate of drug-likeness (QED) is 0.775. The van der Waals surface area contributed by atoms with E-state index in [1.807, 2.05) is 60.4 Å². The van der Waals surface area contributed by atoms with Gasteiger partial charge in [0, 0.05) is 24.3 Å². The number of nitrogens with zero attached hydrogens (tertiary/aromatic N) is 3. The summed E-state index contributed by atoms with van der Waals surface area (Å²) in [6.45, 7) is 2.03. The second-order valence-corrected chi connectivity index (χ2v) is 4.33. The Balaban J connectivity index is 1.95. The van der Waals surface area contributed by atoms with E-state index in [4.69, 9.17) is 0 Å². The third-order valence-electron chi connectivity index (χ3n) is 2.81. The van der Waals surface area contributed by atoms with Crippen molar-refractivity contribution in [2.75, 3.05) is 5.32 Å². The molecule has 1 aromatic carbocycles. The lowest BCUT2D eigenvalue weighted by Gasteiger charge is -2.09. The lowest BCUT2D eigenvalue weighted by molar-refractivity contribution is 1.04. The zero-order valence-electron chi connectivity index (χ0n) is 10.6. The largest absolute Gasteiger partial charge is 0.325 e. The van der Waals surface area contributed by atoms with Crippen LogP contribution in [0.3, 0.4) is 0 Å². The highest BCUT2D eigenvalue weighted by atomic mass is 15.2. The lowest BCUT2D eigenvalue weighted by Crippen LogP contribution is -2.01. The van der Waals surface area contributed by atoms with Crippen molar-refractivity contribution in [3.05, 3.63) is 66.7 Å². The van der Waals surface area contributed by atoms with Gasteiger partial charge in [-0.1, -0.05) is 18.2 Å². The summed E-state index contributed by atoms with van der Waals surface area (Å²) in [5.74, 6) is 0.776. The van der Waals surface area contributed by atoms with Gasteiger partial charge in [-0.25, -0.2) is 4.98 Å². The van der Waals surface area contributed by atoms with Gasteiger partial charge in [-0.2, -0.15) is 0 Å². The molecular weight excluding hydrogens is 236 g/mol. The molecule has 0 aliphatic carbocycles. The maximum atomic E-state index is 4.34. The van der Waals surface area contributed by atoms with Gasteiger partial charge in [-0.15, -0.1) is 0 Å². The topological polar surface area (TPSA) is 42.7 Å². The van der Waals surface area contributed by atoms with Crippen molar-refractivity contribution >= 4 is 11.6 Å². The van der Waals surface area contributed by atoms with Crippen LogP contribution in [0.25, 0.3) is 5.69 Å². The molecule has 0 fully saturated rings. The third kappa shape index (κ3) is 2.47. The Labute approximate surface area is 111 Å². The van der Waals surface area contributed by atoms with Crippen molar-refractivity contribution in [2.24, 2.45) is 0 Å². The number of pyridine rings is 1. The number of benzene rings is 1. The van der Waals surface area contributed by atoms with E-state index in [-0.39, 0.29) is 0 Å². The minimum Gasteiger partial charge on any atom is -0.325 e. The molecule has 0 saturated carbocycles. The maximum absolute atomic E-state index is 4.34. The number of aromatic nitrogens is 3. The first-order chi connectivity index (χ1) is 9.33. The second-order valence-electron chi connectivity index (χ2n) is 4.33. The predicted octanol–water partition coefficient (Wildman–Crippen LogP) is 3.32. The van der Waals surface area contributed by atoms with Gasteiger partial charge in [0.1, 0.15) is 0 Å². The number of nitrogens with one attached hydrogen (secondary N) is 1. The normalized spacial score (nSPS) is 10.4. The fourth-order valence-corrected chi connectivity index (χ4v) is 1.93. The van der Waals surface area contributed by atoms with Gasteiger partial charge >= 0.3 is 0 Å². The Morgan fingerprint density at radius 2 is 1.95 bits per heavy atom. The maximum Gasteiger partial charge on any atom is 0.212 e. The standard InChI is InChI=1S/C15H14N4/c1-12-9-14(11-16-10-12)19-8-7-17-15(19)18-13-5-3-2-4-6-13/h2-11H,1H3,(H,17,18). The number of imidazole rings is 1. The second kappa shape index (κ2) is 4.94. The molecule has 0 unspecified atom stereocenters. The Kier molecular flexibility index (Phi) is 2.98. The van der Waals surface area contributed by atoms with E-state index in [2.05, 4.69) is 21.4 Å². The van der Waals surface area contributed by atoms with Crippen LogP contribution in [0.15, 0.2) is 61.2 Å². The summed E-state index contributed by atoms with van der Waals surface area (Å²) < 4.78 is 1.98. The molecule has 1 N–H and O–H groups in total. The van der Waals surface area contributed by atoms with E-state index in [0.29, 0.717) is 0 Å². The summed E-state index contributed by atoms with van der Waals surface area (Å²) in [6, 6.07) is 12.1. The minimum absolute atomic E-state index is 0.776. The number of rotatable bonds is 3. The molecule has 0 aliphatic heterocycles. The predicted molar refractivity (Wildman–Crippen MR) is 75.8 cm³/mol. The van der Waals surface area contributed by atoms with Crippen molar-refractivity contribution in [2.45, 2.75) is 6.92 Å². The summed E-state index contributed by atoms with van der Waals surface area (Å²) in [4.78, 5) is 8.55. The molecule has 0 atom stereocenters. The average Bonchev–Trinajstić information content (AvgIpc) is 2.88. The molecule has 0 aliphatic rings. The molecule has 2 heterocycles. The van der Waals surface area contributed by atoms with E-state index in [0.717, 1.165) is 22.9 Å². The molecule has 2 aromatic heterocycles. The molecule has 3 aromatic rings. The first kappa shape index (κ1) is 11.5. The van der Waals surface area contributed by atoms with Crippen LogP contribution in [0, 0.1) is 6.92 Å². The minimum atomic E-state index is 0.776. The summed E-state index contributed by atoms with van der Waals surface area (Å²) in [5.41, 5.74) is 3.13. The number of para-hydroxylation sites is 1. The van der Waals surface area contributed by atoms with Crippen LogP contribution >= 0.6 is 0 Å². The van der Waals surface area contributed by atoms with E-state index in [1.54, 1.807) is 6.20 Å². The van der Waals surface area contributed by atoms with Gasteiger partial charge < -0.3 is 5.32 Å². The Morgan fingerprint density at radius 3 is 2.74 bits per heavy atom. The van der Waals surface area contributed by atoms with Crippen molar-refractivity contribution in [1.29, 1.82) is 0 Å². The van der Waals surface area contributed by atoms with Gasteiger partial charge in [0.25, 0.3) is 0 Å². The molecule has 4 heteroatoms. The highest BCUT2D eigenvalue weighted by molar-refractivity contribution is 5.55. The molecule has 4 nitrogen and oxygen atoms in total. The van der Waals surface area contributed by atoms with Crippen LogP contribution < -0.4 is 5.32 Å². The fourth-order valence-electron chi connectivity index (χ4n) is 1.93. The lowest BCUT2D eigenvalue weighted by atomic mass is 10.3. The monoisotopic (exact) mass is 250 g/mol. The van der Waals surface area contributed by atoms with Crippen LogP contribution in [0.2, 0.25) is 0 Å². The summed E-state index contributed by atoms with van der Waals surface area (Å²) in [7, 11) is 0. The zero-order chi connectivity index (χ0) is 13.1. The van der Waals surface area contributed by atoms with E-state index >= 15 is 0 Å². The molecule has 94 valence electrons. The van der Waals surface area contributed by atoms with Crippen molar-refractivity contribution < 1.29 is 0 Å². The van der Waals surface area contributed by atoms with E-state index < -0.39 is 0 Å². The average molecular weight is 250 g/mol. The van der Waals surface area contributed by atoms with Gasteiger partial charge in [-0.3, -0.25) is 9.55 Å². The first-order valence-electron chi connectivity index (χ1n) is 6.10. The van der Waals surface area contributed by atoms with Crippen molar-refractivity contribution in [1.82, 2.24) is 14.5 Å². The molecule has 0 bridgehead atoms. The van der Waals surface area contributed by atoms with Crippen molar-refractivity contribution in [3.8, 4) is 5.69 Å². The molecule has 0 amide bonds. The molecule has 0 spiro atoms. The summed E-state index contributed by atoms with van der Waals surface area (Å²) >= 11 is 0. The van der Waals surface area contributed by atoms with Gasteiger partial charge in [0.2, 0.25) is 5.95 Å². The van der Waals surface area contributed by atoms with Gasteiger partial charge in [0.15, 0.2) is 0 Å². The Morgan fingerprint density at radius 1 is 1.11 bits per heavy atom. The molecular formula is C15H14N4. The summed E-state index contributed by atoms with van der Waals surface area (Å²) in [6.07, 6.45) is 7.35. The smallest absolute Gasteiger partial charge is 0.212 e. The fraction of sp³-hybridized carbons (Fsp3) is 0.0667. The number of hydrogen-bond acceptors (Lipinski definition) is 3. The van der Waals surface area contributed by atoms with Crippen LogP contribution in [-0.2, 0) is 0 Å². The van der Waals surface area contributed by atoms with Gasteiger partial charge in [0.05, 0.1) is 11.9 Å². The molecule has 3 rings (SSSR count). The van der Waals surface area contributed by atoms with E-state index in [1.165, 1.54) is 0 Å².